The van der Waals surface area contributed by atoms with E-state index in [2.05, 4.69) is 35.4 Å². The van der Waals surface area contributed by atoms with Crippen LogP contribution >= 0.6 is 11.6 Å². The van der Waals surface area contributed by atoms with Gasteiger partial charge in [-0.2, -0.15) is 0 Å². The summed E-state index contributed by atoms with van der Waals surface area (Å²) in [5, 5.41) is 7.02. The Morgan fingerprint density at radius 3 is 2.65 bits per heavy atom. The highest BCUT2D eigenvalue weighted by atomic mass is 35.5. The molecule has 0 saturated carbocycles. The lowest BCUT2D eigenvalue weighted by molar-refractivity contribution is 0.538. The SMILES string of the molecule is C#CCNC(=NCC(C)(C)c1ccccc1Cl)NCC. The van der Waals surface area contributed by atoms with E-state index in [0.717, 1.165) is 23.1 Å². The zero-order valence-electron chi connectivity index (χ0n) is 12.3. The lowest BCUT2D eigenvalue weighted by Gasteiger charge is -2.25. The summed E-state index contributed by atoms with van der Waals surface area (Å²) in [5.74, 6) is 3.27. The topological polar surface area (TPSA) is 36.4 Å². The smallest absolute Gasteiger partial charge is 0.192 e. The van der Waals surface area contributed by atoms with Crippen LogP contribution in [0.5, 0.6) is 0 Å². The average molecular weight is 292 g/mol. The molecule has 0 aliphatic rings. The second-order valence-corrected chi connectivity index (χ2v) is 5.52. The first kappa shape index (κ1) is 16.4. The van der Waals surface area contributed by atoms with Crippen molar-refractivity contribution in [2.45, 2.75) is 26.2 Å². The van der Waals surface area contributed by atoms with E-state index in [1.165, 1.54) is 0 Å². The third kappa shape index (κ3) is 4.79. The van der Waals surface area contributed by atoms with E-state index in [-0.39, 0.29) is 5.41 Å². The second kappa shape index (κ2) is 7.81. The van der Waals surface area contributed by atoms with Crippen LogP contribution in [0, 0.1) is 12.3 Å². The van der Waals surface area contributed by atoms with Crippen molar-refractivity contribution in [2.24, 2.45) is 4.99 Å². The third-order valence-electron chi connectivity index (χ3n) is 2.94. The van der Waals surface area contributed by atoms with Crippen molar-refractivity contribution in [3.63, 3.8) is 0 Å². The highest BCUT2D eigenvalue weighted by Gasteiger charge is 2.22. The summed E-state index contributed by atoms with van der Waals surface area (Å²) in [5.41, 5.74) is 0.954. The molecule has 0 aliphatic heterocycles. The van der Waals surface area contributed by atoms with Crippen molar-refractivity contribution in [3.8, 4) is 12.3 Å². The van der Waals surface area contributed by atoms with Gasteiger partial charge >= 0.3 is 0 Å². The zero-order valence-corrected chi connectivity index (χ0v) is 13.1. The summed E-state index contributed by atoms with van der Waals surface area (Å²) in [4.78, 5) is 4.58. The van der Waals surface area contributed by atoms with Gasteiger partial charge in [-0.1, -0.05) is 49.6 Å². The van der Waals surface area contributed by atoms with Crippen LogP contribution in [-0.4, -0.2) is 25.6 Å². The van der Waals surface area contributed by atoms with Crippen LogP contribution in [0.2, 0.25) is 5.02 Å². The van der Waals surface area contributed by atoms with Gasteiger partial charge in [-0.15, -0.1) is 6.42 Å². The predicted octanol–water partition coefficient (Wildman–Crippen LogP) is 2.81. The second-order valence-electron chi connectivity index (χ2n) is 5.12. The Bertz CT molecular complexity index is 501. The van der Waals surface area contributed by atoms with Gasteiger partial charge in [-0.05, 0) is 18.6 Å². The molecule has 0 atom stereocenters. The number of rotatable bonds is 5. The van der Waals surface area contributed by atoms with Crippen LogP contribution in [-0.2, 0) is 5.41 Å². The molecule has 20 heavy (non-hydrogen) atoms. The van der Waals surface area contributed by atoms with Crippen LogP contribution < -0.4 is 10.6 Å². The van der Waals surface area contributed by atoms with E-state index >= 15 is 0 Å². The molecule has 0 fully saturated rings. The van der Waals surface area contributed by atoms with E-state index < -0.39 is 0 Å². The number of halogens is 1. The van der Waals surface area contributed by atoms with E-state index in [1.54, 1.807) is 0 Å². The van der Waals surface area contributed by atoms with E-state index in [9.17, 15) is 0 Å². The number of nitrogens with one attached hydrogen (secondary N) is 2. The van der Waals surface area contributed by atoms with E-state index in [1.807, 2.05) is 31.2 Å². The van der Waals surface area contributed by atoms with Crippen molar-refractivity contribution in [1.29, 1.82) is 0 Å². The molecule has 0 unspecified atom stereocenters. The first-order chi connectivity index (χ1) is 9.51. The number of guanidine groups is 1. The molecule has 0 spiro atoms. The predicted molar refractivity (Wildman–Crippen MR) is 87.3 cm³/mol. The van der Waals surface area contributed by atoms with Gasteiger partial charge in [0, 0.05) is 17.0 Å². The Morgan fingerprint density at radius 1 is 1.35 bits per heavy atom. The normalized spacial score (nSPS) is 11.8. The molecule has 4 heteroatoms. The van der Waals surface area contributed by atoms with Crippen molar-refractivity contribution < 1.29 is 0 Å². The lowest BCUT2D eigenvalue weighted by Crippen LogP contribution is -2.38. The van der Waals surface area contributed by atoms with Gasteiger partial charge in [0.1, 0.15) is 0 Å². The Kier molecular flexibility index (Phi) is 6.41. The summed E-state index contributed by atoms with van der Waals surface area (Å²) < 4.78 is 0. The minimum atomic E-state index is -0.142. The van der Waals surface area contributed by atoms with Gasteiger partial charge in [0.25, 0.3) is 0 Å². The van der Waals surface area contributed by atoms with Crippen molar-refractivity contribution in [2.75, 3.05) is 19.6 Å². The Labute approximate surface area is 126 Å². The molecular weight excluding hydrogens is 270 g/mol. The third-order valence-corrected chi connectivity index (χ3v) is 3.27. The molecule has 2 N–H and O–H groups in total. The maximum atomic E-state index is 6.26. The summed E-state index contributed by atoms with van der Waals surface area (Å²) in [7, 11) is 0. The Hall–Kier alpha value is -1.66. The van der Waals surface area contributed by atoms with Gasteiger partial charge in [-0.25, -0.2) is 0 Å². The quantitative estimate of drug-likeness (QED) is 0.497. The minimum Gasteiger partial charge on any atom is -0.357 e. The molecule has 108 valence electrons. The first-order valence-corrected chi connectivity index (χ1v) is 7.09. The fraction of sp³-hybridized carbons (Fsp3) is 0.438. The van der Waals surface area contributed by atoms with Crippen LogP contribution in [0.4, 0.5) is 0 Å². The monoisotopic (exact) mass is 291 g/mol. The summed E-state index contributed by atoms with van der Waals surface area (Å²) in [6.07, 6.45) is 5.25. The summed E-state index contributed by atoms with van der Waals surface area (Å²) >= 11 is 6.26. The van der Waals surface area contributed by atoms with Gasteiger partial charge in [0.15, 0.2) is 5.96 Å². The summed E-state index contributed by atoms with van der Waals surface area (Å²) in [6, 6.07) is 7.88. The molecule has 0 aliphatic carbocycles. The fourth-order valence-electron chi connectivity index (χ4n) is 1.85. The molecule has 0 amide bonds. The highest BCUT2D eigenvalue weighted by Crippen LogP contribution is 2.29. The van der Waals surface area contributed by atoms with Crippen molar-refractivity contribution in [1.82, 2.24) is 10.6 Å². The maximum Gasteiger partial charge on any atom is 0.192 e. The van der Waals surface area contributed by atoms with Crippen molar-refractivity contribution in [3.05, 3.63) is 34.9 Å². The number of benzene rings is 1. The molecule has 0 bridgehead atoms. The van der Waals surface area contributed by atoms with Crippen molar-refractivity contribution >= 4 is 17.6 Å². The molecule has 1 aromatic carbocycles. The van der Waals surface area contributed by atoms with Crippen LogP contribution in [0.15, 0.2) is 29.3 Å². The molecule has 0 aromatic heterocycles. The molecule has 0 radical (unpaired) electrons. The molecule has 3 nitrogen and oxygen atoms in total. The largest absolute Gasteiger partial charge is 0.357 e. The number of hydrogen-bond acceptors (Lipinski definition) is 1. The molecule has 0 saturated heterocycles. The Balaban J connectivity index is 2.83. The molecule has 1 aromatic rings. The van der Waals surface area contributed by atoms with Gasteiger partial charge < -0.3 is 10.6 Å². The molecule has 0 heterocycles. The summed E-state index contributed by atoms with van der Waals surface area (Å²) in [6.45, 7) is 8.15. The van der Waals surface area contributed by atoms with Crippen LogP contribution in [0.25, 0.3) is 0 Å². The molecular formula is C16H22ClN3. The number of nitrogens with zero attached hydrogens (tertiary/aromatic N) is 1. The Morgan fingerprint density at radius 2 is 2.05 bits per heavy atom. The first-order valence-electron chi connectivity index (χ1n) is 6.72. The highest BCUT2D eigenvalue weighted by molar-refractivity contribution is 6.31. The van der Waals surface area contributed by atoms with Crippen LogP contribution in [0.1, 0.15) is 26.3 Å². The van der Waals surface area contributed by atoms with Gasteiger partial charge in [-0.3, -0.25) is 4.99 Å². The fourth-order valence-corrected chi connectivity index (χ4v) is 2.24. The standard InChI is InChI=1S/C16H22ClN3/c1-5-11-19-15(18-6-2)20-12-16(3,4)13-9-7-8-10-14(13)17/h1,7-10H,6,11-12H2,2-4H3,(H2,18,19,20). The maximum absolute atomic E-state index is 6.26. The number of aliphatic imine (C=N–C) groups is 1. The van der Waals surface area contributed by atoms with Gasteiger partial charge in [0.05, 0.1) is 13.1 Å². The number of hydrogen-bond donors (Lipinski definition) is 2. The van der Waals surface area contributed by atoms with E-state index in [4.69, 9.17) is 18.0 Å². The minimum absolute atomic E-state index is 0.142. The molecule has 1 rings (SSSR count). The van der Waals surface area contributed by atoms with Crippen LogP contribution in [0.3, 0.4) is 0 Å². The average Bonchev–Trinajstić information content (AvgIpc) is 2.42. The van der Waals surface area contributed by atoms with E-state index in [0.29, 0.717) is 13.1 Å². The van der Waals surface area contributed by atoms with Gasteiger partial charge in [0.2, 0.25) is 0 Å². The number of terminal acetylenes is 1. The lowest BCUT2D eigenvalue weighted by atomic mass is 9.85. The zero-order chi connectivity index (χ0) is 15.0.